The van der Waals surface area contributed by atoms with Crippen LogP contribution in [0.25, 0.3) is 0 Å². The topological polar surface area (TPSA) is 102 Å². The number of carbonyl (C=O) groups excluding carboxylic acids is 2. The zero-order valence-electron chi connectivity index (χ0n) is 13.3. The molecule has 0 spiro atoms. The highest BCUT2D eigenvalue weighted by atomic mass is 31.2. The van der Waals surface area contributed by atoms with Crippen LogP contribution in [0.5, 0.6) is 0 Å². The van der Waals surface area contributed by atoms with Gasteiger partial charge in [-0.05, 0) is 6.42 Å². The normalized spacial score (nSPS) is 15.4. The second-order valence-electron chi connectivity index (χ2n) is 5.66. The van der Waals surface area contributed by atoms with Crippen LogP contribution in [-0.2, 0) is 18.8 Å². The molecule has 21 heavy (non-hydrogen) atoms. The van der Waals surface area contributed by atoms with Gasteiger partial charge in [0.15, 0.2) is 7.37 Å². The van der Waals surface area contributed by atoms with Crippen LogP contribution in [0, 0.1) is 11.8 Å². The van der Waals surface area contributed by atoms with Crippen molar-refractivity contribution in [1.82, 2.24) is 5.32 Å². The van der Waals surface area contributed by atoms with Crippen molar-refractivity contribution in [2.45, 2.75) is 40.4 Å². The van der Waals surface area contributed by atoms with Gasteiger partial charge in [0.1, 0.15) is 0 Å². The van der Waals surface area contributed by atoms with Crippen LogP contribution < -0.4 is 5.32 Å². The average molecular weight is 323 g/mol. The van der Waals surface area contributed by atoms with Crippen molar-refractivity contribution in [3.05, 3.63) is 0 Å². The maximum atomic E-state index is 11.6. The molecule has 0 aliphatic heterocycles. The number of rotatable bonds is 8. The third kappa shape index (κ3) is 10.3. The second-order valence-corrected chi connectivity index (χ2v) is 8.21. The summed E-state index contributed by atoms with van der Waals surface area (Å²) in [6.45, 7) is 8.41. The first-order valence-electron chi connectivity index (χ1n) is 6.97. The molecule has 0 saturated carbocycles. The van der Waals surface area contributed by atoms with E-state index in [4.69, 9.17) is 14.4 Å². The summed E-state index contributed by atoms with van der Waals surface area (Å²) in [5.41, 5.74) is 0. The number of ether oxygens (including phenoxy) is 2. The molecular weight excluding hydrogens is 297 g/mol. The Balaban J connectivity index is 4.18. The van der Waals surface area contributed by atoms with Gasteiger partial charge in [-0.1, -0.05) is 27.7 Å². The Morgan fingerprint density at radius 2 is 1.76 bits per heavy atom. The molecule has 2 atom stereocenters. The Morgan fingerprint density at radius 3 is 2.19 bits per heavy atom. The van der Waals surface area contributed by atoms with E-state index in [1.54, 1.807) is 27.7 Å². The Bertz CT molecular complexity index is 390. The minimum absolute atomic E-state index is 0.128. The minimum Gasteiger partial charge on any atom is -0.425 e. The highest BCUT2D eigenvalue weighted by molar-refractivity contribution is 7.57. The van der Waals surface area contributed by atoms with Gasteiger partial charge in [-0.25, -0.2) is 4.79 Å². The Labute approximate surface area is 125 Å². The molecule has 2 N–H and O–H groups in total. The molecule has 0 aliphatic rings. The monoisotopic (exact) mass is 323 g/mol. The van der Waals surface area contributed by atoms with Crippen LogP contribution in [0.3, 0.4) is 0 Å². The number of nitrogens with one attached hydrogen (secondary N) is 1. The Morgan fingerprint density at radius 1 is 1.19 bits per heavy atom. The van der Waals surface area contributed by atoms with E-state index in [0.717, 1.165) is 0 Å². The fourth-order valence-corrected chi connectivity index (χ4v) is 2.00. The molecule has 0 aliphatic carbocycles. The molecule has 0 aromatic carbocycles. The van der Waals surface area contributed by atoms with Crippen molar-refractivity contribution >= 4 is 19.4 Å². The summed E-state index contributed by atoms with van der Waals surface area (Å²) in [6, 6.07) is 0. The van der Waals surface area contributed by atoms with Crippen molar-refractivity contribution in [1.29, 1.82) is 0 Å². The van der Waals surface area contributed by atoms with E-state index in [2.05, 4.69) is 5.32 Å². The number of alkyl carbamates (subject to hydrolysis) is 1. The molecule has 7 nitrogen and oxygen atoms in total. The third-order valence-corrected chi connectivity index (χ3v) is 3.64. The lowest BCUT2D eigenvalue weighted by molar-refractivity contribution is -0.178. The largest absolute Gasteiger partial charge is 0.425 e. The lowest BCUT2D eigenvalue weighted by atomic mass is 10.2. The predicted octanol–water partition coefficient (Wildman–Crippen LogP) is 2.18. The molecule has 0 aromatic rings. The number of amides is 1. The van der Waals surface area contributed by atoms with Gasteiger partial charge in [-0.3, -0.25) is 9.36 Å². The van der Waals surface area contributed by atoms with E-state index >= 15 is 0 Å². The summed E-state index contributed by atoms with van der Waals surface area (Å²) in [4.78, 5) is 32.2. The van der Waals surface area contributed by atoms with E-state index in [9.17, 15) is 14.2 Å². The van der Waals surface area contributed by atoms with Gasteiger partial charge in [-0.2, -0.15) is 0 Å². The van der Waals surface area contributed by atoms with Gasteiger partial charge in [0.05, 0.1) is 5.92 Å². The Hall–Kier alpha value is -1.07. The lowest BCUT2D eigenvalue weighted by Crippen LogP contribution is -2.35. The molecular formula is C13H26NO6P. The Kier molecular flexibility index (Phi) is 8.59. The van der Waals surface area contributed by atoms with Gasteiger partial charge < -0.3 is 19.7 Å². The first kappa shape index (κ1) is 19.9. The SMILES string of the molecule is CC(C)C(=O)O[C@H](OC(=O)NCCCP(C)(=O)O)C(C)C. The summed E-state index contributed by atoms with van der Waals surface area (Å²) in [7, 11) is -3.06. The minimum atomic E-state index is -3.06. The van der Waals surface area contributed by atoms with E-state index in [-0.39, 0.29) is 24.5 Å². The highest BCUT2D eigenvalue weighted by Crippen LogP contribution is 2.35. The fourth-order valence-electron chi connectivity index (χ4n) is 1.26. The standard InChI is InChI=1S/C13H26NO6P/c1-9(2)11(15)19-12(10(3)4)20-13(16)14-7-6-8-21(5,17)18/h9-10,12H,6-8H2,1-5H3,(H,14,16)(H,17,18)/t12-/m1/s1. The summed E-state index contributed by atoms with van der Waals surface area (Å²) in [6.07, 6.45) is -1.16. The van der Waals surface area contributed by atoms with Gasteiger partial charge in [0, 0.05) is 25.3 Å². The molecule has 0 rings (SSSR count). The molecule has 0 bridgehead atoms. The van der Waals surface area contributed by atoms with Crippen LogP contribution in [0.2, 0.25) is 0 Å². The number of hydrogen-bond donors (Lipinski definition) is 2. The van der Waals surface area contributed by atoms with E-state index < -0.39 is 25.7 Å². The average Bonchev–Trinajstić information content (AvgIpc) is 2.32. The molecule has 0 radical (unpaired) electrons. The van der Waals surface area contributed by atoms with Crippen LogP contribution in [0.1, 0.15) is 34.1 Å². The van der Waals surface area contributed by atoms with Crippen molar-refractivity contribution in [2.75, 3.05) is 19.4 Å². The summed E-state index contributed by atoms with van der Waals surface area (Å²) < 4.78 is 21.2. The van der Waals surface area contributed by atoms with Gasteiger partial charge >= 0.3 is 12.1 Å². The fraction of sp³-hybridized carbons (Fsp3) is 0.846. The highest BCUT2D eigenvalue weighted by Gasteiger charge is 2.24. The van der Waals surface area contributed by atoms with E-state index in [0.29, 0.717) is 6.42 Å². The molecule has 124 valence electrons. The molecule has 1 amide bonds. The van der Waals surface area contributed by atoms with Crippen LogP contribution in [0.15, 0.2) is 0 Å². The molecule has 1 unspecified atom stereocenters. The zero-order valence-corrected chi connectivity index (χ0v) is 14.2. The maximum absolute atomic E-state index is 11.6. The smallest absolute Gasteiger partial charge is 0.410 e. The number of carbonyl (C=O) groups is 2. The summed E-state index contributed by atoms with van der Waals surface area (Å²) in [5.74, 6) is -0.915. The molecule has 0 aromatic heterocycles. The maximum Gasteiger partial charge on any atom is 0.410 e. The van der Waals surface area contributed by atoms with E-state index in [1.165, 1.54) is 6.66 Å². The molecule has 0 heterocycles. The van der Waals surface area contributed by atoms with Crippen molar-refractivity contribution in [2.24, 2.45) is 11.8 Å². The molecule has 0 saturated heterocycles. The predicted molar refractivity (Wildman–Crippen MR) is 79.3 cm³/mol. The molecule has 0 fully saturated rings. The van der Waals surface area contributed by atoms with Crippen molar-refractivity contribution in [3.8, 4) is 0 Å². The van der Waals surface area contributed by atoms with E-state index in [1.807, 2.05) is 0 Å². The third-order valence-electron chi connectivity index (χ3n) is 2.49. The number of esters is 1. The first-order chi connectivity index (χ1) is 9.53. The van der Waals surface area contributed by atoms with Crippen molar-refractivity contribution < 1.29 is 28.5 Å². The number of hydrogen-bond acceptors (Lipinski definition) is 5. The quantitative estimate of drug-likeness (QED) is 0.307. The lowest BCUT2D eigenvalue weighted by Gasteiger charge is -2.22. The van der Waals surface area contributed by atoms with Gasteiger partial charge in [0.25, 0.3) is 6.29 Å². The van der Waals surface area contributed by atoms with Crippen molar-refractivity contribution in [3.63, 3.8) is 0 Å². The van der Waals surface area contributed by atoms with Crippen LogP contribution in [-0.4, -0.2) is 42.6 Å². The first-order valence-corrected chi connectivity index (χ1v) is 9.26. The van der Waals surface area contributed by atoms with Crippen LogP contribution >= 0.6 is 7.37 Å². The van der Waals surface area contributed by atoms with Gasteiger partial charge in [0.2, 0.25) is 0 Å². The zero-order chi connectivity index (χ0) is 16.6. The van der Waals surface area contributed by atoms with Gasteiger partial charge in [-0.15, -0.1) is 0 Å². The summed E-state index contributed by atoms with van der Waals surface area (Å²) >= 11 is 0. The molecule has 8 heteroatoms. The van der Waals surface area contributed by atoms with Crippen LogP contribution in [0.4, 0.5) is 4.79 Å². The summed E-state index contributed by atoms with van der Waals surface area (Å²) in [5, 5.41) is 2.46. The second kappa shape index (κ2) is 9.05.